The highest BCUT2D eigenvalue weighted by molar-refractivity contribution is 5.84. The normalized spacial score (nSPS) is 14.8. The standard InChI is InChI=1S/C24H22F4N4O2/c25-20-11-19-22(12-21(20)30-5-6-31-7-9-34-10-8-31)32(15-17(13-29)23(19)33)14-16-1-3-18(4-2-16)24(26,27)28/h1-4,11-12,15,30H,5-10,14H2. The number of anilines is 1. The summed E-state index contributed by atoms with van der Waals surface area (Å²) in [6.07, 6.45) is -3.10. The van der Waals surface area contributed by atoms with Crippen molar-refractivity contribution in [3.63, 3.8) is 0 Å². The SMILES string of the molecule is N#Cc1cn(Cc2ccc(C(F)(F)F)cc2)c2cc(NCCN3CCOCC3)c(F)cc2c1=O. The first kappa shape index (κ1) is 23.7. The fourth-order valence-corrected chi connectivity index (χ4v) is 3.93. The molecule has 34 heavy (non-hydrogen) atoms. The van der Waals surface area contributed by atoms with Gasteiger partial charge in [0.2, 0.25) is 5.43 Å². The zero-order valence-corrected chi connectivity index (χ0v) is 18.2. The Bertz CT molecular complexity index is 1270. The van der Waals surface area contributed by atoms with Crippen molar-refractivity contribution in [1.29, 1.82) is 5.26 Å². The van der Waals surface area contributed by atoms with E-state index in [-0.39, 0.29) is 23.2 Å². The molecule has 0 atom stereocenters. The van der Waals surface area contributed by atoms with E-state index in [0.717, 1.165) is 31.3 Å². The van der Waals surface area contributed by atoms with Crippen LogP contribution in [0.25, 0.3) is 10.9 Å². The third-order valence-electron chi connectivity index (χ3n) is 5.77. The predicted octanol–water partition coefficient (Wildman–Crippen LogP) is 3.82. The summed E-state index contributed by atoms with van der Waals surface area (Å²) < 4.78 is 60.3. The van der Waals surface area contributed by atoms with Crippen molar-refractivity contribution in [2.45, 2.75) is 12.7 Å². The summed E-state index contributed by atoms with van der Waals surface area (Å²) in [5.41, 5.74) is -0.433. The topological polar surface area (TPSA) is 70.3 Å². The van der Waals surface area contributed by atoms with E-state index < -0.39 is 23.0 Å². The Morgan fingerprint density at radius 3 is 2.47 bits per heavy atom. The van der Waals surface area contributed by atoms with E-state index in [2.05, 4.69) is 10.2 Å². The Morgan fingerprint density at radius 1 is 1.12 bits per heavy atom. The van der Waals surface area contributed by atoms with E-state index in [1.807, 2.05) is 6.07 Å². The Kier molecular flexibility index (Phi) is 6.86. The average molecular weight is 474 g/mol. The van der Waals surface area contributed by atoms with E-state index in [4.69, 9.17) is 4.74 Å². The van der Waals surface area contributed by atoms with Crippen LogP contribution in [0.1, 0.15) is 16.7 Å². The van der Waals surface area contributed by atoms with Crippen molar-refractivity contribution >= 4 is 16.6 Å². The minimum Gasteiger partial charge on any atom is -0.381 e. The molecule has 3 aromatic rings. The van der Waals surface area contributed by atoms with E-state index in [0.29, 0.717) is 37.4 Å². The highest BCUT2D eigenvalue weighted by atomic mass is 19.4. The van der Waals surface area contributed by atoms with Gasteiger partial charge in [-0.15, -0.1) is 0 Å². The number of rotatable bonds is 6. The minimum atomic E-state index is -4.45. The quantitative estimate of drug-likeness (QED) is 0.550. The summed E-state index contributed by atoms with van der Waals surface area (Å²) in [5.74, 6) is -0.622. The van der Waals surface area contributed by atoms with Crippen molar-refractivity contribution in [3.8, 4) is 6.07 Å². The molecule has 2 heterocycles. The number of nitrogens with zero attached hydrogens (tertiary/aromatic N) is 3. The number of hydrogen-bond acceptors (Lipinski definition) is 5. The van der Waals surface area contributed by atoms with Crippen molar-refractivity contribution < 1.29 is 22.3 Å². The summed E-state index contributed by atoms with van der Waals surface area (Å²) in [6.45, 7) is 4.16. The molecular weight excluding hydrogens is 452 g/mol. The van der Waals surface area contributed by atoms with Crippen LogP contribution in [0.4, 0.5) is 23.2 Å². The number of aromatic nitrogens is 1. The molecule has 0 saturated carbocycles. The number of nitriles is 1. The number of ether oxygens (including phenoxy) is 1. The van der Waals surface area contributed by atoms with Gasteiger partial charge in [-0.2, -0.15) is 18.4 Å². The van der Waals surface area contributed by atoms with Crippen LogP contribution in [0.3, 0.4) is 0 Å². The van der Waals surface area contributed by atoms with Gasteiger partial charge in [-0.3, -0.25) is 9.69 Å². The Morgan fingerprint density at radius 2 is 1.82 bits per heavy atom. The van der Waals surface area contributed by atoms with Gasteiger partial charge < -0.3 is 14.6 Å². The molecule has 0 aliphatic carbocycles. The number of hydrogen-bond donors (Lipinski definition) is 1. The Balaban J connectivity index is 1.64. The maximum Gasteiger partial charge on any atom is 0.416 e. The largest absolute Gasteiger partial charge is 0.416 e. The van der Waals surface area contributed by atoms with Crippen LogP contribution in [-0.2, 0) is 17.5 Å². The molecule has 178 valence electrons. The second-order valence-corrected chi connectivity index (χ2v) is 8.04. The van der Waals surface area contributed by atoms with Crippen LogP contribution in [-0.4, -0.2) is 48.9 Å². The summed E-state index contributed by atoms with van der Waals surface area (Å²) in [7, 11) is 0. The average Bonchev–Trinajstić information content (AvgIpc) is 2.82. The lowest BCUT2D eigenvalue weighted by atomic mass is 10.1. The highest BCUT2D eigenvalue weighted by Crippen LogP contribution is 2.29. The molecule has 1 aliphatic heterocycles. The molecule has 0 bridgehead atoms. The molecule has 4 rings (SSSR count). The van der Waals surface area contributed by atoms with Crippen LogP contribution in [0.5, 0.6) is 0 Å². The molecule has 1 N–H and O–H groups in total. The fourth-order valence-electron chi connectivity index (χ4n) is 3.93. The molecular formula is C24H22F4N4O2. The van der Waals surface area contributed by atoms with Crippen LogP contribution < -0.4 is 10.7 Å². The third kappa shape index (κ3) is 5.21. The maximum atomic E-state index is 14.8. The molecule has 1 fully saturated rings. The molecule has 2 aromatic carbocycles. The molecule has 1 aliphatic rings. The van der Waals surface area contributed by atoms with E-state index in [1.165, 1.54) is 24.4 Å². The number of morpholine rings is 1. The van der Waals surface area contributed by atoms with Crippen LogP contribution >= 0.6 is 0 Å². The van der Waals surface area contributed by atoms with Gasteiger partial charge in [0.1, 0.15) is 17.4 Å². The number of benzene rings is 2. The molecule has 1 saturated heterocycles. The summed E-state index contributed by atoms with van der Waals surface area (Å²) in [4.78, 5) is 14.8. The van der Waals surface area contributed by atoms with Gasteiger partial charge in [0.15, 0.2) is 0 Å². The van der Waals surface area contributed by atoms with E-state index in [9.17, 15) is 27.6 Å². The van der Waals surface area contributed by atoms with Crippen molar-refractivity contribution in [2.24, 2.45) is 0 Å². The lowest BCUT2D eigenvalue weighted by Gasteiger charge is -2.26. The number of alkyl halides is 3. The number of halogens is 4. The summed E-state index contributed by atoms with van der Waals surface area (Å²) in [6, 6.07) is 9.03. The van der Waals surface area contributed by atoms with Crippen molar-refractivity contribution in [1.82, 2.24) is 9.47 Å². The molecule has 0 unspecified atom stereocenters. The van der Waals surface area contributed by atoms with Gasteiger partial charge in [0, 0.05) is 38.9 Å². The fraction of sp³-hybridized carbons (Fsp3) is 0.333. The number of fused-ring (bicyclic) bond motifs is 1. The Labute approximate surface area is 193 Å². The Hall–Kier alpha value is -3.42. The zero-order valence-electron chi connectivity index (χ0n) is 18.2. The first-order valence-corrected chi connectivity index (χ1v) is 10.7. The molecule has 1 aromatic heterocycles. The molecule has 0 radical (unpaired) electrons. The van der Waals surface area contributed by atoms with Crippen LogP contribution in [0.2, 0.25) is 0 Å². The zero-order chi connectivity index (χ0) is 24.3. The van der Waals surface area contributed by atoms with Gasteiger partial charge in [0.25, 0.3) is 0 Å². The number of pyridine rings is 1. The van der Waals surface area contributed by atoms with Gasteiger partial charge in [-0.25, -0.2) is 4.39 Å². The minimum absolute atomic E-state index is 0.0298. The molecule has 0 spiro atoms. The van der Waals surface area contributed by atoms with Gasteiger partial charge in [0.05, 0.1) is 35.4 Å². The molecule has 0 amide bonds. The summed E-state index contributed by atoms with van der Waals surface area (Å²) >= 11 is 0. The molecule has 10 heteroatoms. The van der Waals surface area contributed by atoms with Crippen LogP contribution in [0, 0.1) is 17.1 Å². The van der Waals surface area contributed by atoms with Gasteiger partial charge >= 0.3 is 6.18 Å². The second-order valence-electron chi connectivity index (χ2n) is 8.04. The predicted molar refractivity (Wildman–Crippen MR) is 119 cm³/mol. The lowest BCUT2D eigenvalue weighted by Crippen LogP contribution is -2.39. The monoisotopic (exact) mass is 474 g/mol. The highest BCUT2D eigenvalue weighted by Gasteiger charge is 2.30. The number of nitrogens with one attached hydrogen (secondary N) is 1. The van der Waals surface area contributed by atoms with Gasteiger partial charge in [-0.1, -0.05) is 12.1 Å². The first-order chi connectivity index (χ1) is 16.3. The van der Waals surface area contributed by atoms with Crippen molar-refractivity contribution in [3.05, 3.63) is 75.3 Å². The van der Waals surface area contributed by atoms with E-state index >= 15 is 0 Å². The van der Waals surface area contributed by atoms with Gasteiger partial charge in [-0.05, 0) is 29.8 Å². The van der Waals surface area contributed by atoms with E-state index in [1.54, 1.807) is 4.57 Å². The van der Waals surface area contributed by atoms with Crippen molar-refractivity contribution in [2.75, 3.05) is 44.7 Å². The lowest BCUT2D eigenvalue weighted by molar-refractivity contribution is -0.137. The molecule has 6 nitrogen and oxygen atoms in total. The smallest absolute Gasteiger partial charge is 0.381 e. The van der Waals surface area contributed by atoms with Crippen LogP contribution in [0.15, 0.2) is 47.4 Å². The summed E-state index contributed by atoms with van der Waals surface area (Å²) in [5, 5.41) is 12.4. The third-order valence-corrected chi connectivity index (χ3v) is 5.77. The maximum absolute atomic E-state index is 14.8. The first-order valence-electron chi connectivity index (χ1n) is 10.7. The second kappa shape index (κ2) is 9.83.